The Morgan fingerprint density at radius 3 is 1.89 bits per heavy atom. The third-order valence-corrected chi connectivity index (χ3v) is 12.2. The summed E-state index contributed by atoms with van der Waals surface area (Å²) in [5, 5.41) is 3.92. The van der Waals surface area contributed by atoms with Crippen molar-refractivity contribution in [1.29, 1.82) is 0 Å². The van der Waals surface area contributed by atoms with E-state index in [0.29, 0.717) is 24.8 Å². The Hall–Kier alpha value is -2.26. The Morgan fingerprint density at radius 2 is 1.39 bits per heavy atom. The molecule has 12 heteroatoms. The average molecular weight is 675 g/mol. The van der Waals surface area contributed by atoms with E-state index in [1.165, 1.54) is 22.7 Å². The number of aryl methyl sites for hydroxylation is 2. The lowest BCUT2D eigenvalue weighted by molar-refractivity contribution is 0.0526. The second-order valence-electron chi connectivity index (χ2n) is 10.8. The molecule has 0 radical (unpaired) electrons. The van der Waals surface area contributed by atoms with Crippen LogP contribution < -0.4 is 9.05 Å². The molecule has 2 fully saturated rings. The van der Waals surface area contributed by atoms with Crippen LogP contribution in [0.4, 0.5) is 0 Å². The van der Waals surface area contributed by atoms with Crippen LogP contribution in [0.5, 0.6) is 11.5 Å². The second-order valence-corrected chi connectivity index (χ2v) is 15.9. The van der Waals surface area contributed by atoms with Crippen molar-refractivity contribution in [3.8, 4) is 22.6 Å². The largest absolute Gasteiger partial charge is 0.530 e. The first-order chi connectivity index (χ1) is 21.3. The number of benzene rings is 2. The van der Waals surface area contributed by atoms with Gasteiger partial charge in [-0.2, -0.15) is 0 Å². The van der Waals surface area contributed by atoms with Gasteiger partial charge in [-0.15, -0.1) is 22.7 Å². The van der Waals surface area contributed by atoms with Crippen molar-refractivity contribution in [2.24, 2.45) is 0 Å². The lowest BCUT2D eigenvalue weighted by Crippen LogP contribution is -2.17. The average Bonchev–Trinajstić information content (AvgIpc) is 3.73. The van der Waals surface area contributed by atoms with Gasteiger partial charge in [0.05, 0.1) is 18.8 Å². The molecule has 0 saturated carbocycles. The highest BCUT2D eigenvalue weighted by atomic mass is 32.1. The molecule has 0 amide bonds. The molecule has 0 bridgehead atoms. The summed E-state index contributed by atoms with van der Waals surface area (Å²) in [6, 6.07) is 19.2. The highest BCUT2D eigenvalue weighted by molar-refractivity contribution is 7.49. The topological polar surface area (TPSA) is 89.5 Å². The van der Waals surface area contributed by atoms with Gasteiger partial charge >= 0.3 is 15.6 Å². The molecule has 6 rings (SSSR count). The molecule has 2 aromatic carbocycles. The van der Waals surface area contributed by atoms with Crippen LogP contribution in [0.3, 0.4) is 0 Å². The van der Waals surface area contributed by atoms with Crippen LogP contribution in [-0.4, -0.2) is 13.2 Å². The number of phosphoric ester groups is 2. The second kappa shape index (κ2) is 14.0. The minimum absolute atomic E-state index is 0.222. The zero-order valence-electron chi connectivity index (χ0n) is 24.7. The van der Waals surface area contributed by atoms with Crippen molar-refractivity contribution >= 4 is 38.3 Å². The number of hydrogen-bond donors (Lipinski definition) is 0. The molecule has 2 aliphatic heterocycles. The summed E-state index contributed by atoms with van der Waals surface area (Å²) in [5.41, 5.74) is 3.06. The van der Waals surface area contributed by atoms with E-state index in [4.69, 9.17) is 27.1 Å². The van der Waals surface area contributed by atoms with Gasteiger partial charge < -0.3 is 9.05 Å². The van der Waals surface area contributed by atoms with Crippen molar-refractivity contribution in [3.05, 3.63) is 92.3 Å². The fourth-order valence-electron chi connectivity index (χ4n) is 5.29. The number of unbranched alkanes of at least 4 members (excludes halogenated alkanes) is 2. The van der Waals surface area contributed by atoms with Crippen molar-refractivity contribution in [2.75, 3.05) is 13.2 Å². The summed E-state index contributed by atoms with van der Waals surface area (Å²) in [7, 11) is -8.09. The van der Waals surface area contributed by atoms with Crippen LogP contribution in [0.2, 0.25) is 0 Å². The fraction of sp³-hybridized carbons (Fsp3) is 0.375. The van der Waals surface area contributed by atoms with Crippen molar-refractivity contribution in [3.63, 3.8) is 0 Å². The molecule has 4 atom stereocenters. The van der Waals surface area contributed by atoms with Gasteiger partial charge in [0.15, 0.2) is 0 Å². The lowest BCUT2D eigenvalue weighted by atomic mass is 9.98. The third kappa shape index (κ3) is 7.57. The Morgan fingerprint density at radius 1 is 0.795 bits per heavy atom. The van der Waals surface area contributed by atoms with Crippen LogP contribution in [0.1, 0.15) is 72.1 Å². The van der Waals surface area contributed by atoms with Crippen LogP contribution >= 0.6 is 38.3 Å². The van der Waals surface area contributed by atoms with E-state index in [2.05, 4.69) is 6.92 Å². The minimum Gasteiger partial charge on any atom is -0.403 e. The van der Waals surface area contributed by atoms with Crippen LogP contribution in [-0.2, 0) is 33.6 Å². The molecule has 4 heterocycles. The molecular formula is C32H36O8P2S2. The van der Waals surface area contributed by atoms with Crippen molar-refractivity contribution in [2.45, 2.75) is 64.6 Å². The summed E-state index contributed by atoms with van der Waals surface area (Å²) in [4.78, 5) is 1.91. The highest BCUT2D eigenvalue weighted by Gasteiger charge is 2.41. The number of hydrogen-bond acceptors (Lipinski definition) is 10. The van der Waals surface area contributed by atoms with E-state index in [1.54, 1.807) is 0 Å². The molecule has 2 saturated heterocycles. The molecule has 0 N–H and O–H groups in total. The van der Waals surface area contributed by atoms with E-state index in [9.17, 15) is 9.13 Å². The lowest BCUT2D eigenvalue weighted by Gasteiger charge is -2.31. The number of rotatable bonds is 11. The van der Waals surface area contributed by atoms with E-state index >= 15 is 0 Å². The Balaban J connectivity index is 1.41. The summed E-state index contributed by atoms with van der Waals surface area (Å²) >= 11 is 3.07. The van der Waals surface area contributed by atoms with Crippen LogP contribution in [0.25, 0.3) is 11.1 Å². The van der Waals surface area contributed by atoms with Gasteiger partial charge in [0.2, 0.25) is 0 Å². The maximum absolute atomic E-state index is 14.1. The number of phosphoric acid groups is 2. The van der Waals surface area contributed by atoms with Gasteiger partial charge in [-0.05, 0) is 65.9 Å². The molecule has 8 nitrogen and oxygen atoms in total. The minimum atomic E-state index is -4.04. The predicted molar refractivity (Wildman–Crippen MR) is 174 cm³/mol. The normalized spacial score (nSPS) is 25.5. The standard InChI is InChI=1S/C32H36O8P2S2/c1-3-4-5-10-24-21-28(39-41(33)35-16-14-26(37-41)30-12-7-18-43-30)32(25-11-6-9-23(2)20-25)29(22-24)40-42(34)36-17-15-27(38-42)31-13-8-19-44-31/h6-9,11-13,18-22,26-27H,3-5,10,14-17H2,1-2H3. The summed E-state index contributed by atoms with van der Waals surface area (Å²) in [5.74, 6) is 0.515. The maximum Gasteiger partial charge on any atom is 0.530 e. The molecule has 234 valence electrons. The quantitative estimate of drug-likeness (QED) is 0.115. The van der Waals surface area contributed by atoms with Crippen LogP contribution in [0, 0.1) is 6.92 Å². The van der Waals surface area contributed by atoms with Crippen molar-refractivity contribution < 1.29 is 36.3 Å². The molecule has 4 unspecified atom stereocenters. The molecule has 0 aliphatic carbocycles. The smallest absolute Gasteiger partial charge is 0.403 e. The molecule has 2 aliphatic rings. The Kier molecular flexibility index (Phi) is 10.1. The van der Waals surface area contributed by atoms with E-state index in [-0.39, 0.29) is 24.7 Å². The fourth-order valence-corrected chi connectivity index (χ4v) is 9.82. The van der Waals surface area contributed by atoms with Gasteiger partial charge in [0.25, 0.3) is 0 Å². The van der Waals surface area contributed by atoms with E-state index in [1.807, 2.05) is 78.3 Å². The van der Waals surface area contributed by atoms with Gasteiger partial charge in [-0.25, -0.2) is 9.13 Å². The molecule has 44 heavy (non-hydrogen) atoms. The Labute approximate surface area is 266 Å². The maximum atomic E-state index is 14.1. The summed E-state index contributed by atoms with van der Waals surface area (Å²) in [6.07, 6.45) is 4.03. The van der Waals surface area contributed by atoms with E-state index in [0.717, 1.165) is 45.7 Å². The summed E-state index contributed by atoms with van der Waals surface area (Å²) in [6.45, 7) is 4.57. The third-order valence-electron chi connectivity index (χ3n) is 7.41. The van der Waals surface area contributed by atoms with Crippen molar-refractivity contribution in [1.82, 2.24) is 0 Å². The van der Waals surface area contributed by atoms with E-state index < -0.39 is 27.9 Å². The predicted octanol–water partition coefficient (Wildman–Crippen LogP) is 10.8. The zero-order chi connectivity index (χ0) is 30.6. The molecule has 0 spiro atoms. The first-order valence-corrected chi connectivity index (χ1v) is 19.6. The van der Waals surface area contributed by atoms with Gasteiger partial charge in [0, 0.05) is 22.6 Å². The first-order valence-electron chi connectivity index (χ1n) is 14.9. The monoisotopic (exact) mass is 674 g/mol. The van der Waals surface area contributed by atoms with Crippen LogP contribution in [0.15, 0.2) is 71.4 Å². The van der Waals surface area contributed by atoms with Gasteiger partial charge in [0.1, 0.15) is 23.7 Å². The molecule has 4 aromatic rings. The highest BCUT2D eigenvalue weighted by Crippen LogP contribution is 2.62. The summed E-state index contributed by atoms with van der Waals surface area (Å²) < 4.78 is 64.0. The molecule has 2 aromatic heterocycles. The SMILES string of the molecule is CCCCCc1cc(OP2(=O)OCCC(c3cccs3)O2)c(-c2cccc(C)c2)c(OP2(=O)OCCC(c3cccs3)O2)c1. The molecular weight excluding hydrogens is 638 g/mol. The first kappa shape index (κ1) is 31.7. The zero-order valence-corrected chi connectivity index (χ0v) is 28.1. The number of thiophene rings is 2. The van der Waals surface area contributed by atoms with Gasteiger partial charge in [-0.3, -0.25) is 18.1 Å². The Bertz CT molecular complexity index is 1550. The van der Waals surface area contributed by atoms with Gasteiger partial charge in [-0.1, -0.05) is 61.7 Å².